The van der Waals surface area contributed by atoms with Crippen LogP contribution in [0.3, 0.4) is 0 Å². The first-order valence-corrected chi connectivity index (χ1v) is 9.25. The van der Waals surface area contributed by atoms with Gasteiger partial charge in [-0.2, -0.15) is 0 Å². The lowest BCUT2D eigenvalue weighted by Crippen LogP contribution is -2.43. The summed E-state index contributed by atoms with van der Waals surface area (Å²) in [5.74, 6) is 0. The average molecular weight is 393 g/mol. The zero-order valence-corrected chi connectivity index (χ0v) is 15.3. The third-order valence-corrected chi connectivity index (χ3v) is 5.02. The molecule has 0 aromatic heterocycles. The Balaban J connectivity index is 1.66. The van der Waals surface area contributed by atoms with Gasteiger partial charge in [0.05, 0.1) is 12.2 Å². The van der Waals surface area contributed by atoms with E-state index >= 15 is 0 Å². The number of rotatable bonds is 3. The van der Waals surface area contributed by atoms with Crippen LogP contribution in [0.5, 0.6) is 0 Å². The van der Waals surface area contributed by atoms with E-state index in [4.69, 9.17) is 9.31 Å². The molecule has 0 bridgehead atoms. The molecule has 124 valence electrons. The van der Waals surface area contributed by atoms with Crippen LogP contribution in [0.1, 0.15) is 29.8 Å². The van der Waals surface area contributed by atoms with Gasteiger partial charge in [-0.3, -0.25) is 0 Å². The molecule has 4 rings (SSSR count). The topological polar surface area (TPSA) is 18.5 Å². The van der Waals surface area contributed by atoms with E-state index in [1.165, 1.54) is 11.1 Å². The van der Waals surface area contributed by atoms with E-state index < -0.39 is 0 Å². The van der Waals surface area contributed by atoms with Crippen LogP contribution in [0.25, 0.3) is 0 Å². The van der Waals surface area contributed by atoms with Gasteiger partial charge in [-0.25, -0.2) is 0 Å². The lowest BCUT2D eigenvalue weighted by molar-refractivity contribution is 0.0206. The predicted octanol–water partition coefficient (Wildman–Crippen LogP) is 5.06. The number of hydrogen-bond donors (Lipinski definition) is 0. The second kappa shape index (κ2) is 7.57. The summed E-state index contributed by atoms with van der Waals surface area (Å²) in [5.41, 5.74) is 3.41. The predicted molar refractivity (Wildman–Crippen MR) is 105 cm³/mol. The van der Waals surface area contributed by atoms with Crippen LogP contribution in [0.2, 0.25) is 0 Å². The van der Waals surface area contributed by atoms with Crippen LogP contribution in [0.15, 0.2) is 89.4 Å². The molecular formula is C21H18BBrO2. The van der Waals surface area contributed by atoms with E-state index in [1.807, 2.05) is 36.4 Å². The molecular weight excluding hydrogens is 375 g/mol. The highest BCUT2D eigenvalue weighted by molar-refractivity contribution is 9.10. The van der Waals surface area contributed by atoms with Crippen molar-refractivity contribution in [2.75, 3.05) is 0 Å². The fourth-order valence-corrected chi connectivity index (χ4v) is 3.44. The lowest BCUT2D eigenvalue weighted by atomic mass is 9.75. The van der Waals surface area contributed by atoms with Gasteiger partial charge in [-0.1, -0.05) is 88.7 Å². The molecule has 25 heavy (non-hydrogen) atoms. The third-order valence-electron chi connectivity index (χ3n) is 4.49. The van der Waals surface area contributed by atoms with E-state index in [0.717, 1.165) is 16.4 Å². The first-order chi connectivity index (χ1) is 12.3. The standard InChI is InChI=1S/C21H18BBrO2/c23-19-13-11-18(12-14-19)22-24-20(16-7-3-1-4-8-16)15-21(25-22)17-9-5-2-6-10-17/h1-14,20-21H,15H2. The van der Waals surface area contributed by atoms with Crippen LogP contribution >= 0.6 is 15.9 Å². The molecule has 0 radical (unpaired) electrons. The molecule has 2 unspecified atom stereocenters. The number of halogens is 1. The molecule has 2 nitrogen and oxygen atoms in total. The van der Waals surface area contributed by atoms with Crippen molar-refractivity contribution in [1.82, 2.24) is 0 Å². The monoisotopic (exact) mass is 392 g/mol. The van der Waals surface area contributed by atoms with Crippen molar-refractivity contribution in [1.29, 1.82) is 0 Å². The van der Waals surface area contributed by atoms with Gasteiger partial charge in [0.2, 0.25) is 0 Å². The molecule has 0 amide bonds. The smallest absolute Gasteiger partial charge is 0.400 e. The largest absolute Gasteiger partial charge is 0.494 e. The minimum Gasteiger partial charge on any atom is -0.400 e. The Bertz CT molecular complexity index is 761. The molecule has 1 fully saturated rings. The van der Waals surface area contributed by atoms with Crippen molar-refractivity contribution in [3.63, 3.8) is 0 Å². The Kier molecular flexibility index (Phi) is 5.02. The molecule has 3 aromatic carbocycles. The summed E-state index contributed by atoms with van der Waals surface area (Å²) < 4.78 is 13.7. The van der Waals surface area contributed by atoms with Crippen LogP contribution in [0, 0.1) is 0 Å². The van der Waals surface area contributed by atoms with Crippen molar-refractivity contribution < 1.29 is 9.31 Å². The Morgan fingerprint density at radius 2 is 1.16 bits per heavy atom. The summed E-state index contributed by atoms with van der Waals surface area (Å²) in [7, 11) is -0.378. The first-order valence-electron chi connectivity index (χ1n) is 8.46. The quantitative estimate of drug-likeness (QED) is 0.579. The van der Waals surface area contributed by atoms with Crippen molar-refractivity contribution in [3.05, 3.63) is 101 Å². The highest BCUT2D eigenvalue weighted by atomic mass is 79.9. The maximum atomic E-state index is 6.31. The van der Waals surface area contributed by atoms with Crippen LogP contribution < -0.4 is 5.46 Å². The zero-order valence-electron chi connectivity index (χ0n) is 13.7. The van der Waals surface area contributed by atoms with Gasteiger partial charge in [0.1, 0.15) is 0 Å². The van der Waals surface area contributed by atoms with Gasteiger partial charge in [0.15, 0.2) is 0 Å². The molecule has 1 aliphatic heterocycles. The maximum absolute atomic E-state index is 6.31. The first kappa shape index (κ1) is 16.6. The summed E-state index contributed by atoms with van der Waals surface area (Å²) in [4.78, 5) is 0. The minimum absolute atomic E-state index is 0.00815. The Morgan fingerprint density at radius 3 is 1.64 bits per heavy atom. The Labute approximate surface area is 157 Å². The number of benzene rings is 3. The molecule has 0 saturated carbocycles. The highest BCUT2D eigenvalue weighted by Crippen LogP contribution is 2.37. The van der Waals surface area contributed by atoms with E-state index in [-0.39, 0.29) is 19.3 Å². The van der Waals surface area contributed by atoms with Gasteiger partial charge >= 0.3 is 7.12 Å². The molecule has 4 heteroatoms. The van der Waals surface area contributed by atoms with Gasteiger partial charge in [-0.05, 0) is 28.7 Å². The second-order valence-corrected chi connectivity index (χ2v) is 7.11. The van der Waals surface area contributed by atoms with Crippen LogP contribution in [-0.4, -0.2) is 7.12 Å². The zero-order chi connectivity index (χ0) is 17.1. The summed E-state index contributed by atoms with van der Waals surface area (Å²) in [6, 6.07) is 28.9. The van der Waals surface area contributed by atoms with E-state index in [0.29, 0.717) is 0 Å². The summed E-state index contributed by atoms with van der Waals surface area (Å²) >= 11 is 3.48. The van der Waals surface area contributed by atoms with E-state index in [9.17, 15) is 0 Å². The molecule has 0 aliphatic carbocycles. The average Bonchev–Trinajstić information content (AvgIpc) is 2.69. The Morgan fingerprint density at radius 1 is 0.680 bits per heavy atom. The minimum atomic E-state index is -0.378. The fraction of sp³-hybridized carbons (Fsp3) is 0.143. The highest BCUT2D eigenvalue weighted by Gasteiger charge is 2.36. The van der Waals surface area contributed by atoms with Crippen molar-refractivity contribution in [2.45, 2.75) is 18.6 Å². The van der Waals surface area contributed by atoms with Crippen LogP contribution in [-0.2, 0) is 9.31 Å². The molecule has 1 saturated heterocycles. The SMILES string of the molecule is Brc1ccc(B2OC(c3ccccc3)CC(c3ccccc3)O2)cc1. The summed E-state index contributed by atoms with van der Waals surface area (Å²) in [5, 5.41) is 0. The summed E-state index contributed by atoms with van der Waals surface area (Å²) in [6.07, 6.45) is 0.823. The molecule has 2 atom stereocenters. The second-order valence-electron chi connectivity index (χ2n) is 6.19. The normalized spacial score (nSPS) is 20.4. The van der Waals surface area contributed by atoms with Gasteiger partial charge in [-0.15, -0.1) is 0 Å². The van der Waals surface area contributed by atoms with Crippen molar-refractivity contribution >= 4 is 28.5 Å². The van der Waals surface area contributed by atoms with E-state index in [2.05, 4.69) is 64.5 Å². The van der Waals surface area contributed by atoms with Crippen LogP contribution in [0.4, 0.5) is 0 Å². The van der Waals surface area contributed by atoms with Gasteiger partial charge < -0.3 is 9.31 Å². The molecule has 0 N–H and O–H groups in total. The maximum Gasteiger partial charge on any atom is 0.494 e. The van der Waals surface area contributed by atoms with Crippen molar-refractivity contribution in [2.24, 2.45) is 0 Å². The lowest BCUT2D eigenvalue weighted by Gasteiger charge is -2.35. The molecule has 1 aliphatic rings. The Hall–Kier alpha value is -1.88. The molecule has 0 spiro atoms. The van der Waals surface area contributed by atoms with E-state index in [1.54, 1.807) is 0 Å². The summed E-state index contributed by atoms with van der Waals surface area (Å²) in [6.45, 7) is 0. The van der Waals surface area contributed by atoms with Gasteiger partial charge in [0.25, 0.3) is 0 Å². The molecule has 1 heterocycles. The van der Waals surface area contributed by atoms with Gasteiger partial charge in [0, 0.05) is 10.9 Å². The molecule has 3 aromatic rings. The third kappa shape index (κ3) is 3.87. The number of hydrogen-bond acceptors (Lipinski definition) is 2. The van der Waals surface area contributed by atoms with Crippen molar-refractivity contribution in [3.8, 4) is 0 Å². The fourth-order valence-electron chi connectivity index (χ4n) is 3.18.